The van der Waals surface area contributed by atoms with Gasteiger partial charge in [-0.15, -0.1) is 0 Å². The Bertz CT molecular complexity index is 1170. The number of esters is 1. The lowest BCUT2D eigenvalue weighted by Crippen LogP contribution is -2.12. The molecular formula is C24H17F3O4. The summed E-state index contributed by atoms with van der Waals surface area (Å²) in [5, 5.41) is 9.58. The number of fused-ring (bicyclic) bond motifs is 1. The highest BCUT2D eigenvalue weighted by molar-refractivity contribution is 6.02. The van der Waals surface area contributed by atoms with Gasteiger partial charge in [-0.2, -0.15) is 0 Å². The summed E-state index contributed by atoms with van der Waals surface area (Å²) in [7, 11) is 0. The second kappa shape index (κ2) is 8.26. The number of halogens is 3. The van der Waals surface area contributed by atoms with Gasteiger partial charge in [0.2, 0.25) is 0 Å². The Balaban J connectivity index is 1.38. The van der Waals surface area contributed by atoms with Crippen LogP contribution in [0, 0.1) is 23.4 Å². The Hall–Kier alpha value is -3.61. The smallest absolute Gasteiger partial charge is 0.338 e. The zero-order chi connectivity index (χ0) is 22.1. The molecule has 1 aliphatic rings. The van der Waals surface area contributed by atoms with Gasteiger partial charge in [0.1, 0.15) is 18.2 Å². The van der Waals surface area contributed by atoms with E-state index >= 15 is 0 Å². The van der Waals surface area contributed by atoms with Crippen molar-refractivity contribution in [3.63, 3.8) is 0 Å². The van der Waals surface area contributed by atoms with Crippen LogP contribution in [0.2, 0.25) is 0 Å². The highest BCUT2D eigenvalue weighted by atomic mass is 19.2. The number of benzene rings is 3. The summed E-state index contributed by atoms with van der Waals surface area (Å²) in [5.41, 5.74) is 2.22. The fourth-order valence-electron chi connectivity index (χ4n) is 3.68. The van der Waals surface area contributed by atoms with Gasteiger partial charge in [0.25, 0.3) is 0 Å². The summed E-state index contributed by atoms with van der Waals surface area (Å²) in [6.07, 6.45) is 1.06. The third-order valence-electron chi connectivity index (χ3n) is 5.32. The van der Waals surface area contributed by atoms with Crippen molar-refractivity contribution in [2.45, 2.75) is 19.4 Å². The molecule has 4 nitrogen and oxygen atoms in total. The number of Topliss-reactive ketones (excluding diaryl/α,β-unsaturated/α-hetero) is 1. The van der Waals surface area contributed by atoms with E-state index in [0.717, 1.165) is 11.1 Å². The molecule has 0 saturated heterocycles. The van der Waals surface area contributed by atoms with Crippen LogP contribution in [0.15, 0.2) is 54.6 Å². The van der Waals surface area contributed by atoms with Crippen LogP contribution in [-0.4, -0.2) is 16.9 Å². The second-order valence-corrected chi connectivity index (χ2v) is 7.44. The minimum atomic E-state index is -1.32. The number of hydrogen-bond acceptors (Lipinski definition) is 4. The molecule has 158 valence electrons. The fraction of sp³-hybridized carbons (Fsp3) is 0.167. The van der Waals surface area contributed by atoms with E-state index in [9.17, 15) is 27.9 Å². The van der Waals surface area contributed by atoms with Crippen molar-refractivity contribution in [1.29, 1.82) is 0 Å². The lowest BCUT2D eigenvalue weighted by Gasteiger charge is -2.10. The van der Waals surface area contributed by atoms with Gasteiger partial charge in [0.15, 0.2) is 17.4 Å². The van der Waals surface area contributed by atoms with E-state index in [1.165, 1.54) is 18.2 Å². The fourth-order valence-corrected chi connectivity index (χ4v) is 3.68. The van der Waals surface area contributed by atoms with Gasteiger partial charge >= 0.3 is 5.97 Å². The summed E-state index contributed by atoms with van der Waals surface area (Å²) < 4.78 is 44.8. The first-order valence-electron chi connectivity index (χ1n) is 9.57. The molecule has 31 heavy (non-hydrogen) atoms. The maximum atomic E-state index is 13.6. The van der Waals surface area contributed by atoms with E-state index in [0.29, 0.717) is 30.5 Å². The van der Waals surface area contributed by atoms with E-state index in [4.69, 9.17) is 4.74 Å². The Morgan fingerprint density at radius 3 is 2.42 bits per heavy atom. The summed E-state index contributed by atoms with van der Waals surface area (Å²) in [6.45, 7) is -0.536. The van der Waals surface area contributed by atoms with E-state index in [1.807, 2.05) is 0 Å². The number of aromatic hydroxyl groups is 1. The minimum Gasteiger partial charge on any atom is -0.508 e. The molecule has 3 aromatic rings. The van der Waals surface area contributed by atoms with Gasteiger partial charge < -0.3 is 9.84 Å². The minimum absolute atomic E-state index is 0.0251. The number of rotatable bonds is 5. The number of ketones is 1. The van der Waals surface area contributed by atoms with Crippen LogP contribution in [0.5, 0.6) is 5.75 Å². The third kappa shape index (κ3) is 4.30. The molecule has 4 rings (SSSR count). The number of carbonyl (C=O) groups excluding carboxylic acids is 2. The molecule has 0 heterocycles. The summed E-state index contributed by atoms with van der Waals surface area (Å²) in [5.74, 6) is -4.50. The molecule has 1 N–H and O–H groups in total. The van der Waals surface area contributed by atoms with E-state index in [2.05, 4.69) is 0 Å². The predicted molar refractivity (Wildman–Crippen MR) is 105 cm³/mol. The first kappa shape index (κ1) is 20.7. The zero-order valence-corrected chi connectivity index (χ0v) is 16.2. The summed E-state index contributed by atoms with van der Waals surface area (Å²) >= 11 is 0. The molecular weight excluding hydrogens is 409 g/mol. The quantitative estimate of drug-likeness (QED) is 0.472. The molecule has 0 saturated carbocycles. The molecule has 0 radical (unpaired) electrons. The monoisotopic (exact) mass is 426 g/mol. The Kier molecular flexibility index (Phi) is 5.50. The van der Waals surface area contributed by atoms with Crippen molar-refractivity contribution in [2.75, 3.05) is 0 Å². The van der Waals surface area contributed by atoms with Gasteiger partial charge in [-0.3, -0.25) is 4.79 Å². The molecule has 3 aromatic carbocycles. The molecule has 1 aliphatic carbocycles. The van der Waals surface area contributed by atoms with Gasteiger partial charge in [0, 0.05) is 23.1 Å². The number of ether oxygens (including phenoxy) is 1. The first-order valence-corrected chi connectivity index (χ1v) is 9.57. The zero-order valence-electron chi connectivity index (χ0n) is 16.2. The lowest BCUT2D eigenvalue weighted by atomic mass is 9.95. The average Bonchev–Trinajstić information content (AvgIpc) is 3.05. The van der Waals surface area contributed by atoms with Crippen LogP contribution in [0.1, 0.15) is 37.4 Å². The molecule has 0 fully saturated rings. The largest absolute Gasteiger partial charge is 0.508 e. The lowest BCUT2D eigenvalue weighted by molar-refractivity contribution is 0.0468. The maximum absolute atomic E-state index is 13.6. The van der Waals surface area contributed by atoms with Crippen LogP contribution in [0.25, 0.3) is 0 Å². The number of carbonyl (C=O) groups is 2. The van der Waals surface area contributed by atoms with Crippen molar-refractivity contribution < 1.29 is 32.6 Å². The van der Waals surface area contributed by atoms with Crippen LogP contribution < -0.4 is 0 Å². The Morgan fingerprint density at radius 1 is 0.968 bits per heavy atom. The molecule has 0 bridgehead atoms. The molecule has 1 atom stereocenters. The van der Waals surface area contributed by atoms with Crippen molar-refractivity contribution in [2.24, 2.45) is 5.92 Å². The van der Waals surface area contributed by atoms with Crippen LogP contribution >= 0.6 is 0 Å². The van der Waals surface area contributed by atoms with Gasteiger partial charge in [-0.25, -0.2) is 18.0 Å². The topological polar surface area (TPSA) is 63.6 Å². The summed E-state index contributed by atoms with van der Waals surface area (Å²) in [6, 6.07) is 12.3. The van der Waals surface area contributed by atoms with Crippen LogP contribution in [0.4, 0.5) is 13.2 Å². The second-order valence-electron chi connectivity index (χ2n) is 7.44. The Morgan fingerprint density at radius 2 is 1.68 bits per heavy atom. The summed E-state index contributed by atoms with van der Waals surface area (Å²) in [4.78, 5) is 24.7. The van der Waals surface area contributed by atoms with Gasteiger partial charge in [0.05, 0.1) is 5.56 Å². The number of phenols is 1. The van der Waals surface area contributed by atoms with Crippen LogP contribution in [-0.2, 0) is 24.2 Å². The first-order chi connectivity index (χ1) is 14.8. The normalized spacial score (nSPS) is 15.1. The average molecular weight is 426 g/mol. The van der Waals surface area contributed by atoms with E-state index in [-0.39, 0.29) is 28.6 Å². The number of phenolic OH excluding ortho intramolecular Hbond substituents is 1. The van der Waals surface area contributed by atoms with E-state index in [1.54, 1.807) is 24.3 Å². The van der Waals surface area contributed by atoms with E-state index < -0.39 is 30.0 Å². The molecule has 0 spiro atoms. The standard InChI is InChI=1S/C24H17F3O4/c25-20-11-22(27)21(26)9-17(20)12-31-24(30)14-3-1-13(2-4-14)7-16-8-15-5-6-18(28)10-19(15)23(16)29/h1-6,9-11,16,28H,7-8,12H2. The van der Waals surface area contributed by atoms with Crippen molar-refractivity contribution in [1.82, 2.24) is 0 Å². The Labute approximate surface area is 175 Å². The van der Waals surface area contributed by atoms with Crippen LogP contribution in [0.3, 0.4) is 0 Å². The van der Waals surface area contributed by atoms with Crippen molar-refractivity contribution in [3.8, 4) is 5.75 Å². The third-order valence-corrected chi connectivity index (χ3v) is 5.32. The van der Waals surface area contributed by atoms with Crippen molar-refractivity contribution >= 4 is 11.8 Å². The molecule has 7 heteroatoms. The maximum Gasteiger partial charge on any atom is 0.338 e. The highest BCUT2D eigenvalue weighted by Crippen LogP contribution is 2.31. The SMILES string of the molecule is O=C(OCc1cc(F)c(F)cc1F)c1ccc(CC2Cc3ccc(O)cc3C2=O)cc1. The van der Waals surface area contributed by atoms with Gasteiger partial charge in [-0.1, -0.05) is 18.2 Å². The predicted octanol–water partition coefficient (Wildman–Crippen LogP) is 4.76. The van der Waals surface area contributed by atoms with Crippen molar-refractivity contribution in [3.05, 3.63) is 99.9 Å². The molecule has 0 aliphatic heterocycles. The molecule has 1 unspecified atom stereocenters. The highest BCUT2D eigenvalue weighted by Gasteiger charge is 2.30. The van der Waals surface area contributed by atoms with Gasteiger partial charge in [-0.05, 0) is 54.3 Å². The molecule has 0 amide bonds. The number of hydrogen-bond donors (Lipinski definition) is 1. The molecule has 0 aromatic heterocycles.